The molecule has 1 aromatic carbocycles. The Morgan fingerprint density at radius 1 is 1.20 bits per heavy atom. The first-order chi connectivity index (χ1) is 9.74. The normalized spacial score (nSPS) is 10.7. The Kier molecular flexibility index (Phi) is 3.21. The third-order valence-corrected chi connectivity index (χ3v) is 3.28. The first kappa shape index (κ1) is 12.4. The summed E-state index contributed by atoms with van der Waals surface area (Å²) in [6.07, 6.45) is 3.47. The molecule has 1 N–H and O–H groups in total. The van der Waals surface area contributed by atoms with Crippen LogP contribution in [-0.2, 0) is 6.54 Å². The molecule has 1 amide bonds. The number of hydrogen-bond acceptors (Lipinski definition) is 2. The minimum atomic E-state index is -0.0157. The highest BCUT2D eigenvalue weighted by atomic mass is 16.2. The van der Waals surface area contributed by atoms with Crippen LogP contribution in [0.3, 0.4) is 0 Å². The molecule has 2 aromatic heterocycles. The van der Waals surface area contributed by atoms with Gasteiger partial charge in [0.25, 0.3) is 5.91 Å². The Morgan fingerprint density at radius 3 is 2.70 bits per heavy atom. The molecule has 0 saturated carbocycles. The van der Waals surface area contributed by atoms with Crippen LogP contribution in [0.5, 0.6) is 0 Å². The number of rotatable bonds is 3. The first-order valence-corrected chi connectivity index (χ1v) is 6.46. The maximum absolute atomic E-state index is 12.4. The largest absolute Gasteiger partial charge is 0.351 e. The molecule has 4 heteroatoms. The predicted molar refractivity (Wildman–Crippen MR) is 78.3 cm³/mol. The van der Waals surface area contributed by atoms with Gasteiger partial charge in [-0.2, -0.15) is 0 Å². The fourth-order valence-corrected chi connectivity index (χ4v) is 2.23. The second-order valence-corrected chi connectivity index (χ2v) is 4.79. The number of fused-ring (bicyclic) bond motifs is 1. The van der Waals surface area contributed by atoms with E-state index in [2.05, 4.69) is 9.97 Å². The van der Waals surface area contributed by atoms with Crippen molar-refractivity contribution in [2.24, 2.45) is 0 Å². The van der Waals surface area contributed by atoms with E-state index in [4.69, 9.17) is 0 Å². The van der Waals surface area contributed by atoms with E-state index >= 15 is 0 Å². The summed E-state index contributed by atoms with van der Waals surface area (Å²) in [5.74, 6) is -0.0157. The maximum Gasteiger partial charge on any atom is 0.270 e. The standard InChI is InChI=1S/C16H15N3O/c1-19(11-12-6-8-17-9-7-12)16(20)15-10-13-4-2-3-5-14(13)18-15/h2-10,18H,11H2,1H3. The number of amides is 1. The number of carbonyl (C=O) groups excluding carboxylic acids is 1. The number of benzene rings is 1. The highest BCUT2D eigenvalue weighted by Gasteiger charge is 2.14. The van der Waals surface area contributed by atoms with E-state index in [1.54, 1.807) is 24.3 Å². The van der Waals surface area contributed by atoms with Gasteiger partial charge in [-0.15, -0.1) is 0 Å². The van der Waals surface area contributed by atoms with Crippen molar-refractivity contribution >= 4 is 16.8 Å². The van der Waals surface area contributed by atoms with E-state index in [9.17, 15) is 4.79 Å². The number of carbonyl (C=O) groups is 1. The number of aromatic amines is 1. The summed E-state index contributed by atoms with van der Waals surface area (Å²) in [6, 6.07) is 13.6. The molecule has 4 nitrogen and oxygen atoms in total. The minimum absolute atomic E-state index is 0.0157. The molecule has 3 rings (SSSR count). The molecule has 0 aliphatic rings. The van der Waals surface area contributed by atoms with Gasteiger partial charge in [0.15, 0.2) is 0 Å². The van der Waals surface area contributed by atoms with Gasteiger partial charge in [0.1, 0.15) is 5.69 Å². The molecule has 0 spiro atoms. The number of nitrogens with one attached hydrogen (secondary N) is 1. The van der Waals surface area contributed by atoms with E-state index < -0.39 is 0 Å². The molecule has 0 atom stereocenters. The van der Waals surface area contributed by atoms with Gasteiger partial charge < -0.3 is 9.88 Å². The monoisotopic (exact) mass is 265 g/mol. The number of nitrogens with zero attached hydrogens (tertiary/aromatic N) is 2. The van der Waals surface area contributed by atoms with Crippen LogP contribution in [0.2, 0.25) is 0 Å². The Morgan fingerprint density at radius 2 is 1.95 bits per heavy atom. The Balaban J connectivity index is 1.81. The quantitative estimate of drug-likeness (QED) is 0.791. The first-order valence-electron chi connectivity index (χ1n) is 6.46. The van der Waals surface area contributed by atoms with Crippen LogP contribution in [0, 0.1) is 0 Å². The lowest BCUT2D eigenvalue weighted by Gasteiger charge is -2.16. The molecule has 0 aliphatic heterocycles. The highest BCUT2D eigenvalue weighted by molar-refractivity contribution is 5.97. The average Bonchev–Trinajstić information content (AvgIpc) is 2.91. The third kappa shape index (κ3) is 2.40. The van der Waals surface area contributed by atoms with Crippen molar-refractivity contribution < 1.29 is 4.79 Å². The topological polar surface area (TPSA) is 49.0 Å². The summed E-state index contributed by atoms with van der Waals surface area (Å²) in [5, 5.41) is 1.05. The van der Waals surface area contributed by atoms with E-state index in [-0.39, 0.29) is 5.91 Å². The molecule has 0 unspecified atom stereocenters. The number of H-pyrrole nitrogens is 1. The molecule has 0 saturated heterocycles. The molecule has 0 aliphatic carbocycles. The molecular weight excluding hydrogens is 250 g/mol. The second-order valence-electron chi connectivity index (χ2n) is 4.79. The SMILES string of the molecule is CN(Cc1ccncc1)C(=O)c1cc2ccccc2[nH]1. The Bertz CT molecular complexity index is 701. The third-order valence-electron chi connectivity index (χ3n) is 3.28. The van der Waals surface area contributed by atoms with Gasteiger partial charge in [0, 0.05) is 36.9 Å². The highest BCUT2D eigenvalue weighted by Crippen LogP contribution is 2.16. The lowest BCUT2D eigenvalue weighted by Crippen LogP contribution is -2.26. The number of para-hydroxylation sites is 1. The summed E-state index contributed by atoms with van der Waals surface area (Å²) in [7, 11) is 1.80. The van der Waals surface area contributed by atoms with Crippen molar-refractivity contribution in [3.05, 3.63) is 66.1 Å². The Labute approximate surface area is 117 Å². The summed E-state index contributed by atoms with van der Waals surface area (Å²) < 4.78 is 0. The van der Waals surface area contributed by atoms with Crippen molar-refractivity contribution in [2.75, 3.05) is 7.05 Å². The minimum Gasteiger partial charge on any atom is -0.351 e. The summed E-state index contributed by atoms with van der Waals surface area (Å²) in [5.41, 5.74) is 2.66. The fraction of sp³-hybridized carbons (Fsp3) is 0.125. The molecule has 3 aromatic rings. The number of aromatic nitrogens is 2. The van der Waals surface area contributed by atoms with E-state index in [1.165, 1.54) is 0 Å². The summed E-state index contributed by atoms with van der Waals surface area (Å²) >= 11 is 0. The zero-order chi connectivity index (χ0) is 13.9. The zero-order valence-electron chi connectivity index (χ0n) is 11.2. The van der Waals surface area contributed by atoms with E-state index in [1.807, 2.05) is 42.5 Å². The van der Waals surface area contributed by atoms with Crippen LogP contribution in [0.15, 0.2) is 54.9 Å². The van der Waals surface area contributed by atoms with Crippen molar-refractivity contribution in [3.63, 3.8) is 0 Å². The van der Waals surface area contributed by atoms with E-state index in [0.717, 1.165) is 16.5 Å². The predicted octanol–water partition coefficient (Wildman–Crippen LogP) is 2.84. The van der Waals surface area contributed by atoms with E-state index in [0.29, 0.717) is 12.2 Å². The molecule has 0 fully saturated rings. The number of pyridine rings is 1. The van der Waals surface area contributed by atoms with Crippen molar-refractivity contribution in [1.82, 2.24) is 14.9 Å². The van der Waals surface area contributed by atoms with Crippen LogP contribution in [0.25, 0.3) is 10.9 Å². The molecule has 20 heavy (non-hydrogen) atoms. The van der Waals surface area contributed by atoms with Gasteiger partial charge >= 0.3 is 0 Å². The van der Waals surface area contributed by atoms with Crippen LogP contribution < -0.4 is 0 Å². The maximum atomic E-state index is 12.4. The van der Waals surface area contributed by atoms with Gasteiger partial charge in [0.05, 0.1) is 0 Å². The average molecular weight is 265 g/mol. The van der Waals surface area contributed by atoms with Crippen molar-refractivity contribution in [3.8, 4) is 0 Å². The van der Waals surface area contributed by atoms with Crippen LogP contribution in [-0.4, -0.2) is 27.8 Å². The van der Waals surface area contributed by atoms with Gasteiger partial charge in [-0.3, -0.25) is 9.78 Å². The van der Waals surface area contributed by atoms with Gasteiger partial charge in [-0.05, 0) is 29.8 Å². The van der Waals surface area contributed by atoms with Crippen molar-refractivity contribution in [2.45, 2.75) is 6.54 Å². The van der Waals surface area contributed by atoms with Gasteiger partial charge in [0.2, 0.25) is 0 Å². The molecule has 2 heterocycles. The summed E-state index contributed by atoms with van der Waals surface area (Å²) in [4.78, 5) is 21.2. The lowest BCUT2D eigenvalue weighted by molar-refractivity contribution is 0.0780. The van der Waals surface area contributed by atoms with Crippen molar-refractivity contribution in [1.29, 1.82) is 0 Å². The molecule has 0 radical (unpaired) electrons. The lowest BCUT2D eigenvalue weighted by atomic mass is 10.2. The molecular formula is C16H15N3O. The van der Waals surface area contributed by atoms with Crippen LogP contribution in [0.4, 0.5) is 0 Å². The van der Waals surface area contributed by atoms with Crippen LogP contribution in [0.1, 0.15) is 16.1 Å². The fourth-order valence-electron chi connectivity index (χ4n) is 2.23. The van der Waals surface area contributed by atoms with Crippen LogP contribution >= 0.6 is 0 Å². The van der Waals surface area contributed by atoms with Gasteiger partial charge in [-0.25, -0.2) is 0 Å². The second kappa shape index (κ2) is 5.17. The van der Waals surface area contributed by atoms with Gasteiger partial charge in [-0.1, -0.05) is 18.2 Å². The molecule has 100 valence electrons. The Hall–Kier alpha value is -2.62. The zero-order valence-corrected chi connectivity index (χ0v) is 11.2. The smallest absolute Gasteiger partial charge is 0.270 e. The number of hydrogen-bond donors (Lipinski definition) is 1. The molecule has 0 bridgehead atoms. The summed E-state index contributed by atoms with van der Waals surface area (Å²) in [6.45, 7) is 0.566.